The van der Waals surface area contributed by atoms with E-state index in [1.165, 1.54) is 58.4 Å². The summed E-state index contributed by atoms with van der Waals surface area (Å²) < 4.78 is 2.49. The van der Waals surface area contributed by atoms with Gasteiger partial charge >= 0.3 is 0 Å². The number of aryl methyl sites for hydroxylation is 3. The molecule has 3 aromatic rings. The lowest BCUT2D eigenvalue weighted by Gasteiger charge is -2.24. The number of nitrogens with zero attached hydrogens (tertiary/aromatic N) is 2. The highest BCUT2D eigenvalue weighted by atomic mass is 15.2. The molecule has 0 fully saturated rings. The Hall–Kier alpha value is -2.22. The Morgan fingerprint density at radius 3 is 2.88 bits per heavy atom. The molecule has 122 valence electrons. The summed E-state index contributed by atoms with van der Waals surface area (Å²) in [4.78, 5) is 2.55. The molecular weight excluding hydrogens is 292 g/mol. The van der Waals surface area contributed by atoms with Gasteiger partial charge in [-0.3, -0.25) is 0 Å². The molecule has 2 aliphatic heterocycles. The van der Waals surface area contributed by atoms with Crippen LogP contribution in [0.2, 0.25) is 0 Å². The van der Waals surface area contributed by atoms with E-state index in [2.05, 4.69) is 65.8 Å². The van der Waals surface area contributed by atoms with Crippen LogP contribution in [-0.2, 0) is 25.9 Å². The van der Waals surface area contributed by atoms with E-state index in [1.807, 2.05) is 0 Å². The molecule has 1 unspecified atom stereocenters. The Morgan fingerprint density at radius 2 is 2.00 bits per heavy atom. The zero-order valence-corrected chi connectivity index (χ0v) is 14.5. The van der Waals surface area contributed by atoms with Crippen LogP contribution in [0.3, 0.4) is 0 Å². The van der Waals surface area contributed by atoms with E-state index in [9.17, 15) is 0 Å². The van der Waals surface area contributed by atoms with Crippen LogP contribution < -0.4 is 4.90 Å². The Bertz CT molecular complexity index is 935. The maximum absolute atomic E-state index is 2.55. The van der Waals surface area contributed by atoms with Gasteiger partial charge < -0.3 is 9.47 Å². The molecule has 2 heteroatoms. The third-order valence-corrected chi connectivity index (χ3v) is 5.99. The second kappa shape index (κ2) is 5.14. The lowest BCUT2D eigenvalue weighted by molar-refractivity contribution is 0.732. The third kappa shape index (κ3) is 1.95. The molecule has 0 amide bonds. The van der Waals surface area contributed by atoms with Crippen LogP contribution in [0.15, 0.2) is 42.5 Å². The van der Waals surface area contributed by atoms with E-state index < -0.39 is 0 Å². The summed E-state index contributed by atoms with van der Waals surface area (Å²) in [5, 5.41) is 1.40. The van der Waals surface area contributed by atoms with Crippen molar-refractivity contribution in [2.75, 3.05) is 4.90 Å². The standard InChI is InChI=1S/C22H24N2/c1-3-16-6-7-17-14-24(15(2)21(17)11-16)20-8-9-22-18(13-20)12-19-5-4-10-23(19)22/h6-9,11-13,15H,3-5,10,14H2,1-2H3. The normalized spacial score (nSPS) is 19.1. The molecule has 1 aromatic heterocycles. The Labute approximate surface area is 143 Å². The Balaban J connectivity index is 1.54. The fraction of sp³-hybridized carbons (Fsp3) is 0.364. The molecule has 0 saturated heterocycles. The van der Waals surface area contributed by atoms with Crippen LogP contribution in [-0.4, -0.2) is 4.57 Å². The van der Waals surface area contributed by atoms with Gasteiger partial charge in [0.1, 0.15) is 0 Å². The number of hydrogen-bond acceptors (Lipinski definition) is 1. The Kier molecular flexibility index (Phi) is 3.03. The average molecular weight is 316 g/mol. The van der Waals surface area contributed by atoms with Gasteiger partial charge in [0.25, 0.3) is 0 Å². The summed E-state index contributed by atoms with van der Waals surface area (Å²) in [7, 11) is 0. The second-order valence-corrected chi connectivity index (χ2v) is 7.32. The van der Waals surface area contributed by atoms with Crippen molar-refractivity contribution in [1.29, 1.82) is 0 Å². The quantitative estimate of drug-likeness (QED) is 0.628. The van der Waals surface area contributed by atoms with Gasteiger partial charge in [-0.05, 0) is 67.1 Å². The van der Waals surface area contributed by atoms with Gasteiger partial charge in [0.15, 0.2) is 0 Å². The van der Waals surface area contributed by atoms with Gasteiger partial charge in [0, 0.05) is 35.4 Å². The van der Waals surface area contributed by atoms with Crippen LogP contribution in [0.5, 0.6) is 0 Å². The van der Waals surface area contributed by atoms with E-state index >= 15 is 0 Å². The van der Waals surface area contributed by atoms with Crippen LogP contribution in [0, 0.1) is 0 Å². The predicted octanol–water partition coefficient (Wildman–Crippen LogP) is 5.23. The highest BCUT2D eigenvalue weighted by Crippen LogP contribution is 2.39. The molecule has 0 saturated carbocycles. The summed E-state index contributed by atoms with van der Waals surface area (Å²) in [5.74, 6) is 0. The fourth-order valence-corrected chi connectivity index (χ4v) is 4.58. The second-order valence-electron chi connectivity index (χ2n) is 7.32. The maximum Gasteiger partial charge on any atom is 0.0521 e. The zero-order chi connectivity index (χ0) is 16.3. The van der Waals surface area contributed by atoms with Crippen molar-refractivity contribution in [3.8, 4) is 0 Å². The number of aromatic nitrogens is 1. The van der Waals surface area contributed by atoms with Gasteiger partial charge in [-0.2, -0.15) is 0 Å². The van der Waals surface area contributed by atoms with Crippen molar-refractivity contribution in [3.63, 3.8) is 0 Å². The van der Waals surface area contributed by atoms with E-state index in [0.29, 0.717) is 6.04 Å². The molecule has 0 radical (unpaired) electrons. The molecule has 1 atom stereocenters. The molecule has 0 aliphatic carbocycles. The van der Waals surface area contributed by atoms with Gasteiger partial charge in [0.2, 0.25) is 0 Å². The number of rotatable bonds is 2. The summed E-state index contributed by atoms with van der Waals surface area (Å²) >= 11 is 0. The van der Waals surface area contributed by atoms with Gasteiger partial charge in [-0.1, -0.05) is 25.1 Å². The molecule has 3 heterocycles. The molecule has 0 N–H and O–H groups in total. The van der Waals surface area contributed by atoms with Crippen molar-refractivity contribution in [3.05, 3.63) is 64.8 Å². The molecule has 2 nitrogen and oxygen atoms in total. The minimum atomic E-state index is 0.457. The first kappa shape index (κ1) is 14.2. The van der Waals surface area contributed by atoms with Crippen molar-refractivity contribution in [2.45, 2.75) is 52.2 Å². The smallest absolute Gasteiger partial charge is 0.0521 e. The SMILES string of the molecule is CCc1ccc2c(c1)C(C)N(c1ccc3c(c1)cc1n3CCC1)C2. The van der Waals surface area contributed by atoms with E-state index in [4.69, 9.17) is 0 Å². The van der Waals surface area contributed by atoms with Gasteiger partial charge in [0.05, 0.1) is 6.04 Å². The van der Waals surface area contributed by atoms with Crippen LogP contribution in [0.1, 0.15) is 48.7 Å². The van der Waals surface area contributed by atoms with E-state index in [1.54, 1.807) is 0 Å². The highest BCUT2D eigenvalue weighted by molar-refractivity contribution is 5.85. The first-order valence-electron chi connectivity index (χ1n) is 9.25. The molecule has 5 rings (SSSR count). The zero-order valence-electron chi connectivity index (χ0n) is 14.5. The fourth-order valence-electron chi connectivity index (χ4n) is 4.58. The van der Waals surface area contributed by atoms with Gasteiger partial charge in [-0.25, -0.2) is 0 Å². The molecular formula is C22H24N2. The summed E-state index contributed by atoms with van der Waals surface area (Å²) in [5.41, 5.74) is 8.71. The van der Waals surface area contributed by atoms with Crippen LogP contribution in [0.4, 0.5) is 5.69 Å². The molecule has 2 aliphatic rings. The van der Waals surface area contributed by atoms with Crippen LogP contribution >= 0.6 is 0 Å². The van der Waals surface area contributed by atoms with Crippen LogP contribution in [0.25, 0.3) is 10.9 Å². The van der Waals surface area contributed by atoms with Crippen molar-refractivity contribution < 1.29 is 0 Å². The van der Waals surface area contributed by atoms with Gasteiger partial charge in [-0.15, -0.1) is 0 Å². The topological polar surface area (TPSA) is 8.17 Å². The lowest BCUT2D eigenvalue weighted by Crippen LogP contribution is -2.18. The van der Waals surface area contributed by atoms with E-state index in [-0.39, 0.29) is 0 Å². The number of hydrogen-bond donors (Lipinski definition) is 0. The molecule has 24 heavy (non-hydrogen) atoms. The van der Waals surface area contributed by atoms with Crippen molar-refractivity contribution >= 4 is 16.6 Å². The molecule has 0 spiro atoms. The number of anilines is 1. The molecule has 0 bridgehead atoms. The highest BCUT2D eigenvalue weighted by Gasteiger charge is 2.27. The lowest BCUT2D eigenvalue weighted by atomic mass is 10.0. The van der Waals surface area contributed by atoms with Crippen molar-refractivity contribution in [2.24, 2.45) is 0 Å². The third-order valence-electron chi connectivity index (χ3n) is 5.99. The summed E-state index contributed by atoms with van der Waals surface area (Å²) in [6, 6.07) is 16.9. The van der Waals surface area contributed by atoms with E-state index in [0.717, 1.165) is 13.0 Å². The number of fused-ring (bicyclic) bond motifs is 4. The number of benzene rings is 2. The first-order chi connectivity index (χ1) is 11.7. The first-order valence-corrected chi connectivity index (χ1v) is 9.25. The Morgan fingerprint density at radius 1 is 1.08 bits per heavy atom. The van der Waals surface area contributed by atoms with Crippen molar-refractivity contribution in [1.82, 2.24) is 4.57 Å². The minimum Gasteiger partial charge on any atom is -0.360 e. The summed E-state index contributed by atoms with van der Waals surface area (Å²) in [6.07, 6.45) is 3.64. The largest absolute Gasteiger partial charge is 0.360 e. The average Bonchev–Trinajstić information content (AvgIpc) is 3.27. The molecule has 2 aromatic carbocycles. The maximum atomic E-state index is 2.55. The minimum absolute atomic E-state index is 0.457. The predicted molar refractivity (Wildman–Crippen MR) is 101 cm³/mol. The summed E-state index contributed by atoms with van der Waals surface area (Å²) in [6.45, 7) is 6.79. The monoisotopic (exact) mass is 316 g/mol.